The number of benzene rings is 1. The van der Waals surface area contributed by atoms with Crippen molar-refractivity contribution in [3.05, 3.63) is 69.6 Å². The van der Waals surface area contributed by atoms with Crippen molar-refractivity contribution in [3.63, 3.8) is 0 Å². The summed E-state index contributed by atoms with van der Waals surface area (Å²) in [7, 11) is 0. The Morgan fingerprint density at radius 3 is 2.33 bits per heavy atom. The lowest BCUT2D eigenvalue weighted by Crippen LogP contribution is -2.49. The Morgan fingerprint density at radius 1 is 1.00 bits per heavy atom. The molecule has 30 heavy (non-hydrogen) atoms. The Kier molecular flexibility index (Phi) is 5.88. The normalized spacial score (nSPS) is 14.1. The Hall–Kier alpha value is -2.70. The average molecular weight is 442 g/mol. The van der Waals surface area contributed by atoms with Crippen molar-refractivity contribution in [2.75, 3.05) is 31.1 Å². The van der Waals surface area contributed by atoms with E-state index in [1.165, 1.54) is 0 Å². The maximum absolute atomic E-state index is 12.9. The van der Waals surface area contributed by atoms with Gasteiger partial charge in [-0.05, 0) is 44.2 Å². The van der Waals surface area contributed by atoms with Crippen LogP contribution in [0.5, 0.6) is 0 Å². The first-order chi connectivity index (χ1) is 14.4. The highest BCUT2D eigenvalue weighted by Crippen LogP contribution is 2.26. The topological polar surface area (TPSA) is 62.2 Å². The number of halogens is 2. The number of aryl methyl sites for hydroxylation is 1. The molecule has 4 rings (SSSR count). The highest BCUT2D eigenvalue weighted by molar-refractivity contribution is 6.35. The number of hydrogen-bond donors (Lipinski definition) is 0. The molecule has 1 amide bonds. The van der Waals surface area contributed by atoms with Gasteiger partial charge in [-0.25, -0.2) is 9.97 Å². The number of carbonyl (C=O) groups excluding carboxylic acids is 1. The Balaban J connectivity index is 1.53. The molecule has 0 spiro atoms. The molecule has 1 fully saturated rings. The summed E-state index contributed by atoms with van der Waals surface area (Å²) in [5.74, 6) is 1.50. The third kappa shape index (κ3) is 4.25. The fourth-order valence-corrected chi connectivity index (χ4v) is 4.05. The summed E-state index contributed by atoms with van der Waals surface area (Å²) < 4.78 is 0. The molecule has 0 aliphatic carbocycles. The largest absolute Gasteiger partial charge is 0.353 e. The SMILES string of the molecule is Cc1nc(-c2cccnc2)nc(N2CCN(C(=O)c3cc(Cl)cc(Cl)c3)CC2)c1C. The van der Waals surface area contributed by atoms with Crippen LogP contribution in [0.4, 0.5) is 5.82 Å². The van der Waals surface area contributed by atoms with Gasteiger partial charge in [0, 0.05) is 71.0 Å². The van der Waals surface area contributed by atoms with Crippen LogP contribution in [-0.4, -0.2) is 51.9 Å². The molecule has 2 aromatic heterocycles. The molecular weight excluding hydrogens is 421 g/mol. The first-order valence-corrected chi connectivity index (χ1v) is 10.4. The van der Waals surface area contributed by atoms with Crippen molar-refractivity contribution < 1.29 is 4.79 Å². The molecule has 1 saturated heterocycles. The van der Waals surface area contributed by atoms with E-state index in [-0.39, 0.29) is 5.91 Å². The molecule has 0 bridgehead atoms. The molecule has 6 nitrogen and oxygen atoms in total. The van der Waals surface area contributed by atoms with Gasteiger partial charge in [-0.1, -0.05) is 23.2 Å². The number of aromatic nitrogens is 3. The van der Waals surface area contributed by atoms with Gasteiger partial charge in [-0.3, -0.25) is 9.78 Å². The summed E-state index contributed by atoms with van der Waals surface area (Å²) in [6, 6.07) is 8.76. The maximum atomic E-state index is 12.9. The molecular formula is C22H21Cl2N5O. The van der Waals surface area contributed by atoms with Gasteiger partial charge < -0.3 is 9.80 Å². The van der Waals surface area contributed by atoms with Gasteiger partial charge in [0.2, 0.25) is 0 Å². The predicted octanol–water partition coefficient (Wildman–Crippen LogP) is 4.42. The van der Waals surface area contributed by atoms with E-state index >= 15 is 0 Å². The van der Waals surface area contributed by atoms with Crippen LogP contribution in [0.1, 0.15) is 21.6 Å². The number of piperazine rings is 1. The maximum Gasteiger partial charge on any atom is 0.254 e. The Morgan fingerprint density at radius 2 is 1.70 bits per heavy atom. The molecule has 3 aromatic rings. The van der Waals surface area contributed by atoms with Crippen molar-refractivity contribution in [1.82, 2.24) is 19.9 Å². The molecule has 8 heteroatoms. The Labute approximate surface area is 185 Å². The number of carbonyl (C=O) groups is 1. The highest BCUT2D eigenvalue weighted by atomic mass is 35.5. The van der Waals surface area contributed by atoms with Crippen LogP contribution < -0.4 is 4.90 Å². The van der Waals surface area contributed by atoms with Gasteiger partial charge in [0.25, 0.3) is 5.91 Å². The van der Waals surface area contributed by atoms with E-state index < -0.39 is 0 Å². The number of rotatable bonds is 3. The van der Waals surface area contributed by atoms with Crippen LogP contribution in [-0.2, 0) is 0 Å². The third-order valence-corrected chi connectivity index (χ3v) is 5.70. The molecule has 0 atom stereocenters. The van der Waals surface area contributed by atoms with Gasteiger partial charge in [0.1, 0.15) is 5.82 Å². The Bertz CT molecular complexity index is 1060. The lowest BCUT2D eigenvalue weighted by Gasteiger charge is -2.36. The van der Waals surface area contributed by atoms with E-state index in [0.29, 0.717) is 47.6 Å². The van der Waals surface area contributed by atoms with Crippen LogP contribution in [0, 0.1) is 13.8 Å². The molecule has 3 heterocycles. The first-order valence-electron chi connectivity index (χ1n) is 9.68. The van der Waals surface area contributed by atoms with E-state index in [1.54, 1.807) is 30.6 Å². The van der Waals surface area contributed by atoms with Crippen LogP contribution >= 0.6 is 23.2 Å². The zero-order chi connectivity index (χ0) is 21.3. The summed E-state index contributed by atoms with van der Waals surface area (Å²) in [5, 5.41) is 0.916. The standard InChI is InChI=1S/C22H21Cl2N5O/c1-14-15(2)26-20(16-4-3-5-25-13-16)27-21(14)28-6-8-29(9-7-28)22(30)17-10-18(23)12-19(24)11-17/h3-5,10-13H,6-9H2,1-2H3. The zero-order valence-corrected chi connectivity index (χ0v) is 18.3. The fourth-order valence-electron chi connectivity index (χ4n) is 3.53. The van der Waals surface area contributed by atoms with Crippen molar-refractivity contribution in [2.45, 2.75) is 13.8 Å². The number of anilines is 1. The lowest BCUT2D eigenvalue weighted by atomic mass is 10.1. The predicted molar refractivity (Wildman–Crippen MR) is 119 cm³/mol. The van der Waals surface area contributed by atoms with Gasteiger partial charge >= 0.3 is 0 Å². The average Bonchev–Trinajstić information content (AvgIpc) is 2.75. The summed E-state index contributed by atoms with van der Waals surface area (Å²) in [6.07, 6.45) is 3.50. The number of amides is 1. The second kappa shape index (κ2) is 8.58. The number of nitrogens with zero attached hydrogens (tertiary/aromatic N) is 5. The van der Waals surface area contributed by atoms with E-state index in [0.717, 1.165) is 22.6 Å². The molecule has 154 valence electrons. The summed E-state index contributed by atoms with van der Waals surface area (Å²) in [6.45, 7) is 6.57. The van der Waals surface area contributed by atoms with Gasteiger partial charge in [-0.2, -0.15) is 0 Å². The van der Waals surface area contributed by atoms with Crippen molar-refractivity contribution in [1.29, 1.82) is 0 Å². The molecule has 1 aromatic carbocycles. The van der Waals surface area contributed by atoms with Gasteiger partial charge in [-0.15, -0.1) is 0 Å². The second-order valence-corrected chi connectivity index (χ2v) is 8.13. The van der Waals surface area contributed by atoms with Crippen molar-refractivity contribution >= 4 is 34.9 Å². The minimum Gasteiger partial charge on any atom is -0.353 e. The second-order valence-electron chi connectivity index (χ2n) is 7.26. The van der Waals surface area contributed by atoms with Crippen molar-refractivity contribution in [3.8, 4) is 11.4 Å². The van der Waals surface area contributed by atoms with Crippen LogP contribution in [0.15, 0.2) is 42.7 Å². The van der Waals surface area contributed by atoms with Gasteiger partial charge in [0.05, 0.1) is 0 Å². The van der Waals surface area contributed by atoms with Crippen LogP contribution in [0.3, 0.4) is 0 Å². The van der Waals surface area contributed by atoms with Crippen LogP contribution in [0.25, 0.3) is 11.4 Å². The molecule has 0 radical (unpaired) electrons. The minimum atomic E-state index is -0.0642. The van der Waals surface area contributed by atoms with Crippen molar-refractivity contribution in [2.24, 2.45) is 0 Å². The molecule has 1 aliphatic rings. The number of pyridine rings is 1. The third-order valence-electron chi connectivity index (χ3n) is 5.26. The smallest absolute Gasteiger partial charge is 0.254 e. The molecule has 0 saturated carbocycles. The first kappa shape index (κ1) is 20.6. The van der Waals surface area contributed by atoms with Crippen LogP contribution in [0.2, 0.25) is 10.0 Å². The fraction of sp³-hybridized carbons (Fsp3) is 0.273. The van der Waals surface area contributed by atoms with E-state index in [9.17, 15) is 4.79 Å². The van der Waals surface area contributed by atoms with E-state index in [2.05, 4.69) is 14.9 Å². The molecule has 0 unspecified atom stereocenters. The molecule has 1 aliphatic heterocycles. The van der Waals surface area contributed by atoms with E-state index in [1.807, 2.05) is 30.9 Å². The van der Waals surface area contributed by atoms with E-state index in [4.69, 9.17) is 28.2 Å². The molecule has 0 N–H and O–H groups in total. The number of hydrogen-bond acceptors (Lipinski definition) is 5. The summed E-state index contributed by atoms with van der Waals surface area (Å²) in [4.78, 5) is 30.5. The minimum absolute atomic E-state index is 0.0642. The summed E-state index contributed by atoms with van der Waals surface area (Å²) >= 11 is 12.1. The van der Waals surface area contributed by atoms with Gasteiger partial charge in [0.15, 0.2) is 5.82 Å². The lowest BCUT2D eigenvalue weighted by molar-refractivity contribution is 0.0746. The zero-order valence-electron chi connectivity index (χ0n) is 16.8. The monoisotopic (exact) mass is 441 g/mol. The highest BCUT2D eigenvalue weighted by Gasteiger charge is 2.25. The summed E-state index contributed by atoms with van der Waals surface area (Å²) in [5.41, 5.74) is 3.37. The quantitative estimate of drug-likeness (QED) is 0.601.